The number of amides is 1. The normalized spacial score (nSPS) is 14.5. The zero-order chi connectivity index (χ0) is 25.2. The molecule has 6 rings (SSSR count). The lowest BCUT2D eigenvalue weighted by Gasteiger charge is -2.24. The Kier molecular flexibility index (Phi) is 6.02. The van der Waals surface area contributed by atoms with Gasteiger partial charge in [0.2, 0.25) is 0 Å². The summed E-state index contributed by atoms with van der Waals surface area (Å²) in [6.07, 6.45) is 8.03. The minimum absolute atomic E-state index is 0.242. The van der Waals surface area contributed by atoms with Gasteiger partial charge in [-0.05, 0) is 55.3 Å². The van der Waals surface area contributed by atoms with Crippen LogP contribution in [-0.4, -0.2) is 26.7 Å². The monoisotopic (exact) mass is 489 g/mol. The summed E-state index contributed by atoms with van der Waals surface area (Å²) in [5.74, 6) is 0.103. The van der Waals surface area contributed by atoms with Gasteiger partial charge in [-0.3, -0.25) is 9.78 Å². The molecule has 1 N–H and O–H groups in total. The molecule has 4 heterocycles. The van der Waals surface area contributed by atoms with Gasteiger partial charge in [-0.15, -0.1) is 0 Å². The lowest BCUT2D eigenvalue weighted by molar-refractivity contribution is 0.0922. The van der Waals surface area contributed by atoms with Crippen molar-refractivity contribution in [2.45, 2.75) is 32.5 Å². The topological polar surface area (TPSA) is 76.2 Å². The van der Waals surface area contributed by atoms with Gasteiger partial charge in [-0.25, -0.2) is 4.68 Å². The quantitative estimate of drug-likeness (QED) is 0.331. The van der Waals surface area contributed by atoms with Gasteiger partial charge in [0.1, 0.15) is 0 Å². The van der Waals surface area contributed by atoms with Crippen molar-refractivity contribution in [2.75, 3.05) is 4.90 Å². The summed E-state index contributed by atoms with van der Waals surface area (Å²) >= 11 is 0. The molecule has 5 aromatic rings. The summed E-state index contributed by atoms with van der Waals surface area (Å²) in [5, 5.41) is 7.87. The average molecular weight is 490 g/mol. The van der Waals surface area contributed by atoms with E-state index in [1.807, 2.05) is 59.4 Å². The first-order chi connectivity index (χ1) is 18.2. The Balaban J connectivity index is 1.22. The summed E-state index contributed by atoms with van der Waals surface area (Å²) in [4.78, 5) is 19.7. The molecule has 0 saturated heterocycles. The zero-order valence-electron chi connectivity index (χ0n) is 20.5. The van der Waals surface area contributed by atoms with Crippen molar-refractivity contribution in [1.82, 2.24) is 20.1 Å². The van der Waals surface area contributed by atoms with Crippen LogP contribution in [0.2, 0.25) is 0 Å². The fourth-order valence-electron chi connectivity index (χ4n) is 4.97. The molecular weight excluding hydrogens is 462 g/mol. The van der Waals surface area contributed by atoms with Gasteiger partial charge in [0, 0.05) is 60.1 Å². The standard InChI is InChI=1S/C30H27N5O2/c1-21-17-23-7-5-6-10-27(23)34(21)19-24-13-16-37-29(24)30(36)32-18-25-20-35(26-8-3-2-4-9-26)33-28(25)22-11-14-31-15-12-22/h2-16,20-21H,17-19H2,1H3,(H,32,36). The van der Waals surface area contributed by atoms with Crippen molar-refractivity contribution >= 4 is 11.6 Å². The Morgan fingerprint density at radius 3 is 2.62 bits per heavy atom. The van der Waals surface area contributed by atoms with Gasteiger partial charge in [-0.2, -0.15) is 5.10 Å². The summed E-state index contributed by atoms with van der Waals surface area (Å²) in [7, 11) is 0. The third-order valence-electron chi connectivity index (χ3n) is 6.85. The number of carbonyl (C=O) groups is 1. The number of benzene rings is 2. The van der Waals surface area contributed by atoms with Crippen molar-refractivity contribution in [1.29, 1.82) is 0 Å². The summed E-state index contributed by atoms with van der Waals surface area (Å²) in [5.41, 5.74) is 7.02. The van der Waals surface area contributed by atoms with Crippen molar-refractivity contribution < 1.29 is 9.21 Å². The Morgan fingerprint density at radius 1 is 1.00 bits per heavy atom. The number of nitrogens with zero attached hydrogens (tertiary/aromatic N) is 4. The van der Waals surface area contributed by atoms with E-state index in [0.717, 1.165) is 34.5 Å². The van der Waals surface area contributed by atoms with Crippen molar-refractivity contribution in [3.05, 3.63) is 120 Å². The minimum Gasteiger partial charge on any atom is -0.459 e. The summed E-state index contributed by atoms with van der Waals surface area (Å²) in [6.45, 7) is 3.14. The van der Waals surface area contributed by atoms with Crippen molar-refractivity contribution in [3.63, 3.8) is 0 Å². The highest BCUT2D eigenvalue weighted by Crippen LogP contribution is 2.33. The molecule has 1 unspecified atom stereocenters. The minimum atomic E-state index is -0.242. The smallest absolute Gasteiger partial charge is 0.287 e. The van der Waals surface area contributed by atoms with Crippen LogP contribution in [0, 0.1) is 0 Å². The number of furan rings is 1. The van der Waals surface area contributed by atoms with Crippen LogP contribution in [-0.2, 0) is 19.5 Å². The van der Waals surface area contributed by atoms with Gasteiger partial charge in [0.05, 0.1) is 17.6 Å². The summed E-state index contributed by atoms with van der Waals surface area (Å²) < 4.78 is 7.51. The van der Waals surface area contributed by atoms with Crippen LogP contribution in [0.25, 0.3) is 16.9 Å². The molecular formula is C30H27N5O2. The van der Waals surface area contributed by atoms with Crippen LogP contribution in [0.1, 0.15) is 34.2 Å². The van der Waals surface area contributed by atoms with E-state index in [0.29, 0.717) is 24.9 Å². The first-order valence-electron chi connectivity index (χ1n) is 12.4. The number of para-hydroxylation sites is 2. The van der Waals surface area contributed by atoms with Gasteiger partial charge < -0.3 is 14.6 Å². The highest BCUT2D eigenvalue weighted by atomic mass is 16.3. The number of pyridine rings is 1. The van der Waals surface area contributed by atoms with Crippen LogP contribution in [0.4, 0.5) is 5.69 Å². The largest absolute Gasteiger partial charge is 0.459 e. The number of nitrogens with one attached hydrogen (secondary N) is 1. The molecule has 1 aliphatic rings. The fraction of sp³-hybridized carbons (Fsp3) is 0.167. The molecule has 0 fully saturated rings. The second-order valence-corrected chi connectivity index (χ2v) is 9.29. The van der Waals surface area contributed by atoms with E-state index in [1.165, 1.54) is 11.3 Å². The molecule has 1 amide bonds. The van der Waals surface area contributed by atoms with Crippen molar-refractivity contribution in [2.24, 2.45) is 0 Å². The highest BCUT2D eigenvalue weighted by Gasteiger charge is 2.27. The third kappa shape index (κ3) is 4.51. The van der Waals surface area contributed by atoms with Crippen molar-refractivity contribution in [3.8, 4) is 16.9 Å². The first-order valence-corrected chi connectivity index (χ1v) is 12.4. The van der Waals surface area contributed by atoms with Gasteiger partial charge in [0.25, 0.3) is 5.91 Å². The number of hydrogen-bond donors (Lipinski definition) is 1. The highest BCUT2D eigenvalue weighted by molar-refractivity contribution is 5.93. The molecule has 0 spiro atoms. The van der Waals surface area contributed by atoms with Crippen LogP contribution < -0.4 is 10.2 Å². The Bertz CT molecular complexity index is 1520. The SMILES string of the molecule is CC1Cc2ccccc2N1Cc1ccoc1C(=O)NCc1cn(-c2ccccc2)nc1-c1ccncc1. The van der Waals surface area contributed by atoms with E-state index in [-0.39, 0.29) is 5.91 Å². The molecule has 2 aromatic carbocycles. The van der Waals surface area contributed by atoms with Crippen LogP contribution >= 0.6 is 0 Å². The fourth-order valence-corrected chi connectivity index (χ4v) is 4.97. The van der Waals surface area contributed by atoms with E-state index in [1.54, 1.807) is 18.7 Å². The number of fused-ring (bicyclic) bond motifs is 1. The second kappa shape index (κ2) is 9.78. The molecule has 1 aliphatic heterocycles. The van der Waals surface area contributed by atoms with Gasteiger partial charge >= 0.3 is 0 Å². The molecule has 7 heteroatoms. The van der Waals surface area contributed by atoms with Crippen LogP contribution in [0.5, 0.6) is 0 Å². The van der Waals surface area contributed by atoms with Gasteiger partial charge in [0.15, 0.2) is 5.76 Å². The van der Waals surface area contributed by atoms with E-state index in [2.05, 4.69) is 46.4 Å². The number of anilines is 1. The molecule has 3 aromatic heterocycles. The number of carbonyl (C=O) groups excluding carboxylic acids is 1. The zero-order valence-corrected chi connectivity index (χ0v) is 20.5. The number of hydrogen-bond acceptors (Lipinski definition) is 5. The van der Waals surface area contributed by atoms with E-state index >= 15 is 0 Å². The first kappa shape index (κ1) is 22.8. The molecule has 0 aliphatic carbocycles. The lowest BCUT2D eigenvalue weighted by atomic mass is 10.1. The average Bonchev–Trinajstić information content (AvgIpc) is 3.66. The predicted octanol–water partition coefficient (Wildman–Crippen LogP) is 5.41. The molecule has 184 valence electrons. The van der Waals surface area contributed by atoms with Crippen LogP contribution in [0.3, 0.4) is 0 Å². The third-order valence-corrected chi connectivity index (χ3v) is 6.85. The van der Waals surface area contributed by atoms with Crippen LogP contribution in [0.15, 0.2) is 102 Å². The van der Waals surface area contributed by atoms with E-state index in [4.69, 9.17) is 9.52 Å². The Labute approximate surface area is 215 Å². The second-order valence-electron chi connectivity index (χ2n) is 9.29. The molecule has 0 radical (unpaired) electrons. The predicted molar refractivity (Wildman–Crippen MR) is 142 cm³/mol. The molecule has 0 bridgehead atoms. The van der Waals surface area contributed by atoms with Gasteiger partial charge in [-0.1, -0.05) is 36.4 Å². The Morgan fingerprint density at radius 2 is 1.78 bits per heavy atom. The lowest BCUT2D eigenvalue weighted by Crippen LogP contribution is -2.30. The van der Waals surface area contributed by atoms with E-state index in [9.17, 15) is 4.79 Å². The number of aromatic nitrogens is 3. The maximum absolute atomic E-state index is 13.3. The van der Waals surface area contributed by atoms with E-state index < -0.39 is 0 Å². The Hall–Kier alpha value is -4.65. The molecule has 37 heavy (non-hydrogen) atoms. The maximum Gasteiger partial charge on any atom is 0.287 e. The molecule has 7 nitrogen and oxygen atoms in total. The molecule has 0 saturated carbocycles. The molecule has 1 atom stereocenters. The number of rotatable bonds is 7. The summed E-state index contributed by atoms with van der Waals surface area (Å²) in [6, 6.07) is 24.4. The maximum atomic E-state index is 13.3.